The normalized spacial score (nSPS) is 13.2. The van der Waals surface area contributed by atoms with Crippen LogP contribution in [-0.4, -0.2) is 18.3 Å². The average molecular weight is 233 g/mol. The molecule has 1 aromatic rings. The van der Waals surface area contributed by atoms with Crippen molar-refractivity contribution in [3.8, 4) is 0 Å². The number of ether oxygens (including phenoxy) is 1. The molecule has 0 radical (unpaired) electrons. The Morgan fingerprint density at radius 3 is 2.59 bits per heavy atom. The molecule has 0 amide bonds. The number of hydrogen-bond donors (Lipinski definition) is 0. The molecule has 92 valence electrons. The Morgan fingerprint density at radius 2 is 2.00 bits per heavy atom. The van der Waals surface area contributed by atoms with Gasteiger partial charge in [0, 0.05) is 5.71 Å². The average Bonchev–Trinajstić information content (AvgIpc) is 2.30. The van der Waals surface area contributed by atoms with E-state index in [1.807, 2.05) is 44.2 Å². The molecule has 0 spiro atoms. The minimum atomic E-state index is -0.214. The lowest BCUT2D eigenvalue weighted by atomic mass is 10.1. The smallest absolute Gasteiger partial charge is 0.311 e. The summed E-state index contributed by atoms with van der Waals surface area (Å²) in [5.41, 5.74) is 1.95. The number of nitrogens with zero attached hydrogens (tertiary/aromatic N) is 1. The molecule has 0 heterocycles. The molecular weight excluding hydrogens is 214 g/mol. The Morgan fingerprint density at radius 1 is 1.35 bits per heavy atom. The van der Waals surface area contributed by atoms with Gasteiger partial charge in [0.2, 0.25) is 0 Å². The molecule has 1 aromatic carbocycles. The second kappa shape index (κ2) is 6.84. The van der Waals surface area contributed by atoms with Crippen molar-refractivity contribution in [2.75, 3.05) is 6.61 Å². The van der Waals surface area contributed by atoms with Crippen LogP contribution in [0.25, 0.3) is 0 Å². The first-order valence-corrected chi connectivity index (χ1v) is 5.87. The Bertz CT molecular complexity index is 384. The zero-order valence-electron chi connectivity index (χ0n) is 10.6. The first-order chi connectivity index (χ1) is 8.13. The van der Waals surface area contributed by atoms with Gasteiger partial charge in [0.25, 0.3) is 0 Å². The van der Waals surface area contributed by atoms with Crippen molar-refractivity contribution < 1.29 is 9.53 Å². The summed E-state index contributed by atoms with van der Waals surface area (Å²) in [6.07, 6.45) is 0.269. The highest BCUT2D eigenvalue weighted by Gasteiger charge is 2.07. The van der Waals surface area contributed by atoms with Gasteiger partial charge < -0.3 is 4.74 Å². The van der Waals surface area contributed by atoms with Crippen LogP contribution in [0.15, 0.2) is 35.3 Å². The van der Waals surface area contributed by atoms with Crippen molar-refractivity contribution in [1.82, 2.24) is 0 Å². The highest BCUT2D eigenvalue weighted by molar-refractivity contribution is 5.97. The first-order valence-electron chi connectivity index (χ1n) is 5.87. The van der Waals surface area contributed by atoms with E-state index >= 15 is 0 Å². The highest BCUT2D eigenvalue weighted by Crippen LogP contribution is 2.16. The molecule has 0 aliphatic carbocycles. The maximum atomic E-state index is 11.3. The van der Waals surface area contributed by atoms with Crippen molar-refractivity contribution in [1.29, 1.82) is 0 Å². The monoisotopic (exact) mass is 233 g/mol. The first kappa shape index (κ1) is 13.4. The molecule has 3 heteroatoms. The van der Waals surface area contributed by atoms with Gasteiger partial charge in [0.15, 0.2) is 0 Å². The van der Waals surface area contributed by atoms with Gasteiger partial charge in [-0.1, -0.05) is 30.3 Å². The third-order valence-corrected chi connectivity index (χ3v) is 2.40. The Hall–Kier alpha value is -1.64. The van der Waals surface area contributed by atoms with Crippen LogP contribution in [0.2, 0.25) is 0 Å². The number of aliphatic imine (C=N–C) groups is 1. The van der Waals surface area contributed by atoms with E-state index in [0.29, 0.717) is 6.61 Å². The van der Waals surface area contributed by atoms with Crippen LogP contribution in [0.1, 0.15) is 38.8 Å². The van der Waals surface area contributed by atoms with Gasteiger partial charge >= 0.3 is 5.97 Å². The minimum Gasteiger partial charge on any atom is -0.466 e. The Labute approximate surface area is 103 Å². The van der Waals surface area contributed by atoms with Gasteiger partial charge in [-0.25, -0.2) is 0 Å². The SMILES string of the molecule is CCOC(=O)CC(C)=NC(C)c1ccccc1. The molecule has 0 saturated carbocycles. The summed E-state index contributed by atoms with van der Waals surface area (Å²) in [6.45, 7) is 6.09. The van der Waals surface area contributed by atoms with Gasteiger partial charge in [-0.15, -0.1) is 0 Å². The van der Waals surface area contributed by atoms with E-state index in [9.17, 15) is 4.79 Å². The van der Waals surface area contributed by atoms with Crippen LogP contribution < -0.4 is 0 Å². The molecule has 0 aliphatic rings. The lowest BCUT2D eigenvalue weighted by Crippen LogP contribution is -2.09. The zero-order chi connectivity index (χ0) is 12.7. The van der Waals surface area contributed by atoms with Crippen molar-refractivity contribution >= 4 is 11.7 Å². The molecule has 0 fully saturated rings. The van der Waals surface area contributed by atoms with Crippen molar-refractivity contribution in [2.24, 2.45) is 4.99 Å². The molecule has 0 aromatic heterocycles. The lowest BCUT2D eigenvalue weighted by molar-refractivity contribution is -0.141. The van der Waals surface area contributed by atoms with Crippen LogP contribution in [0.4, 0.5) is 0 Å². The van der Waals surface area contributed by atoms with E-state index in [4.69, 9.17) is 4.74 Å². The number of esters is 1. The van der Waals surface area contributed by atoms with E-state index in [1.165, 1.54) is 0 Å². The largest absolute Gasteiger partial charge is 0.466 e. The maximum Gasteiger partial charge on any atom is 0.311 e. The minimum absolute atomic E-state index is 0.0747. The molecule has 1 unspecified atom stereocenters. The van der Waals surface area contributed by atoms with E-state index in [-0.39, 0.29) is 18.4 Å². The third kappa shape index (κ3) is 4.81. The summed E-state index contributed by atoms with van der Waals surface area (Å²) in [5, 5.41) is 0. The number of benzene rings is 1. The fourth-order valence-electron chi connectivity index (χ4n) is 1.60. The van der Waals surface area contributed by atoms with Gasteiger partial charge in [-0.2, -0.15) is 0 Å². The topological polar surface area (TPSA) is 38.7 Å². The molecule has 3 nitrogen and oxygen atoms in total. The fraction of sp³-hybridized carbons (Fsp3) is 0.429. The number of hydrogen-bond acceptors (Lipinski definition) is 3. The zero-order valence-corrected chi connectivity index (χ0v) is 10.6. The van der Waals surface area contributed by atoms with Crippen LogP contribution in [0.3, 0.4) is 0 Å². The lowest BCUT2D eigenvalue weighted by Gasteiger charge is -2.08. The summed E-state index contributed by atoms with van der Waals surface area (Å²) in [5.74, 6) is -0.214. The Kier molecular flexibility index (Phi) is 5.40. The van der Waals surface area contributed by atoms with Crippen LogP contribution in [0, 0.1) is 0 Å². The molecule has 17 heavy (non-hydrogen) atoms. The van der Waals surface area contributed by atoms with Gasteiger partial charge in [0.1, 0.15) is 0 Å². The number of carbonyl (C=O) groups excluding carboxylic acids is 1. The summed E-state index contributed by atoms with van der Waals surface area (Å²) in [4.78, 5) is 15.8. The predicted molar refractivity (Wildman–Crippen MR) is 69.2 cm³/mol. The van der Waals surface area contributed by atoms with E-state index in [0.717, 1.165) is 11.3 Å². The molecule has 1 atom stereocenters. The van der Waals surface area contributed by atoms with E-state index in [1.54, 1.807) is 6.92 Å². The third-order valence-electron chi connectivity index (χ3n) is 2.40. The molecule has 0 aliphatic heterocycles. The van der Waals surface area contributed by atoms with Crippen molar-refractivity contribution in [3.63, 3.8) is 0 Å². The van der Waals surface area contributed by atoms with Gasteiger partial charge in [-0.3, -0.25) is 9.79 Å². The summed E-state index contributed by atoms with van der Waals surface area (Å²) in [7, 11) is 0. The fourth-order valence-corrected chi connectivity index (χ4v) is 1.60. The summed E-state index contributed by atoms with van der Waals surface area (Å²) in [6, 6.07) is 10.1. The van der Waals surface area contributed by atoms with Crippen molar-refractivity contribution in [3.05, 3.63) is 35.9 Å². The molecule has 1 rings (SSSR count). The highest BCUT2D eigenvalue weighted by atomic mass is 16.5. The standard InChI is InChI=1S/C14H19NO2/c1-4-17-14(16)10-11(2)15-12(3)13-8-6-5-7-9-13/h5-9,12H,4,10H2,1-3H3. The van der Waals surface area contributed by atoms with Gasteiger partial charge in [0.05, 0.1) is 19.1 Å². The maximum absolute atomic E-state index is 11.3. The number of carbonyl (C=O) groups is 1. The van der Waals surface area contributed by atoms with E-state index in [2.05, 4.69) is 4.99 Å². The summed E-state index contributed by atoms with van der Waals surface area (Å²) >= 11 is 0. The quantitative estimate of drug-likeness (QED) is 0.578. The molecule has 0 saturated heterocycles. The number of rotatable bonds is 5. The second-order valence-corrected chi connectivity index (χ2v) is 3.93. The Balaban J connectivity index is 2.59. The van der Waals surface area contributed by atoms with Crippen molar-refractivity contribution in [2.45, 2.75) is 33.2 Å². The molecule has 0 bridgehead atoms. The molecular formula is C14H19NO2. The van der Waals surface area contributed by atoms with Crippen LogP contribution >= 0.6 is 0 Å². The summed E-state index contributed by atoms with van der Waals surface area (Å²) < 4.78 is 4.88. The van der Waals surface area contributed by atoms with Gasteiger partial charge in [-0.05, 0) is 26.3 Å². The second-order valence-electron chi connectivity index (χ2n) is 3.93. The van der Waals surface area contributed by atoms with E-state index < -0.39 is 0 Å². The molecule has 0 N–H and O–H groups in total. The predicted octanol–water partition coefficient (Wildman–Crippen LogP) is 3.16. The van der Waals surface area contributed by atoms with Crippen LogP contribution in [0.5, 0.6) is 0 Å². The van der Waals surface area contributed by atoms with Crippen LogP contribution in [-0.2, 0) is 9.53 Å².